The van der Waals surface area contributed by atoms with E-state index < -0.39 is 0 Å². The Hall–Kier alpha value is -0.240. The maximum absolute atomic E-state index is 10.4. The van der Waals surface area contributed by atoms with Crippen LogP contribution in [0.3, 0.4) is 0 Å². The second-order valence-corrected chi connectivity index (χ2v) is 0.325. The molecule has 0 amide bonds. The Labute approximate surface area is 24.4 Å². The van der Waals surface area contributed by atoms with Crippen molar-refractivity contribution < 1.29 is 9.13 Å². The summed E-state index contributed by atoms with van der Waals surface area (Å²) in [6.07, 6.45) is 0. The molecule has 0 saturated carbocycles. The van der Waals surface area contributed by atoms with Crippen LogP contribution in [0.2, 0.25) is 0 Å². The molecule has 2 heteroatoms. The standard InChI is InChI=1S/C2H4FO/c1-4-2-3/h2H,1H3/q+1. The van der Waals surface area contributed by atoms with Gasteiger partial charge in [0.15, 0.2) is 0 Å². The fraction of sp³-hybridized carbons (Fsp3) is 0.500. The van der Waals surface area contributed by atoms with E-state index in [1.807, 2.05) is 0 Å². The van der Waals surface area contributed by atoms with Crippen molar-refractivity contribution in [2.75, 3.05) is 7.11 Å². The molecule has 0 unspecified atom stereocenters. The normalized spacial score (nSPS) is 6.50. The van der Waals surface area contributed by atoms with Gasteiger partial charge in [-0.1, -0.05) is 0 Å². The largest absolute Gasteiger partial charge is 0.438 e. The summed E-state index contributed by atoms with van der Waals surface area (Å²) >= 11 is 0. The number of methoxy groups -OCH3 is 1. The van der Waals surface area contributed by atoms with Crippen LogP contribution in [0.1, 0.15) is 0 Å². The number of hydrogen-bond donors (Lipinski definition) is 0. The maximum Gasteiger partial charge on any atom is 0.438 e. The van der Waals surface area contributed by atoms with E-state index in [4.69, 9.17) is 0 Å². The lowest BCUT2D eigenvalue weighted by Gasteiger charge is -1.53. The van der Waals surface area contributed by atoms with Crippen molar-refractivity contribution in [3.63, 3.8) is 0 Å². The van der Waals surface area contributed by atoms with Gasteiger partial charge >= 0.3 is 6.86 Å². The molecule has 0 aliphatic carbocycles. The van der Waals surface area contributed by atoms with Gasteiger partial charge in [-0.05, 0) is 0 Å². The van der Waals surface area contributed by atoms with Crippen molar-refractivity contribution in [2.24, 2.45) is 0 Å². The molecular weight excluding hydrogens is 59.0 g/mol. The highest BCUT2D eigenvalue weighted by Gasteiger charge is 1.77. The lowest BCUT2D eigenvalue weighted by Crippen LogP contribution is -1.61. The van der Waals surface area contributed by atoms with Gasteiger partial charge in [0.25, 0.3) is 0 Å². The van der Waals surface area contributed by atoms with Crippen LogP contribution < -0.4 is 0 Å². The molecule has 0 aromatic carbocycles. The lowest BCUT2D eigenvalue weighted by molar-refractivity contribution is 0.188. The molecule has 0 fully saturated rings. The first-order valence-corrected chi connectivity index (χ1v) is 0.862. The molecule has 0 radical (unpaired) electrons. The minimum Gasteiger partial charge on any atom is -0.159 e. The first kappa shape index (κ1) is 3.76. The topological polar surface area (TPSA) is 9.23 Å². The maximum atomic E-state index is 10.4. The third kappa shape index (κ3) is 1.76. The Morgan fingerprint density at radius 2 is 2.25 bits per heavy atom. The summed E-state index contributed by atoms with van der Waals surface area (Å²) in [4.78, 5) is 0. The summed E-state index contributed by atoms with van der Waals surface area (Å²) in [5.74, 6) is 0. The van der Waals surface area contributed by atoms with E-state index in [0.29, 0.717) is 0 Å². The quantitative estimate of drug-likeness (QED) is 0.407. The van der Waals surface area contributed by atoms with Gasteiger partial charge in [-0.15, -0.1) is 0 Å². The van der Waals surface area contributed by atoms with E-state index >= 15 is 0 Å². The third-order valence-corrected chi connectivity index (χ3v) is 0.0891. The highest BCUT2D eigenvalue weighted by Crippen LogP contribution is 1.69. The Morgan fingerprint density at radius 1 is 2.00 bits per heavy atom. The van der Waals surface area contributed by atoms with Gasteiger partial charge in [-0.25, -0.2) is 0 Å². The number of hydrogen-bond acceptors (Lipinski definition) is 1. The predicted octanol–water partition coefficient (Wildman–Crippen LogP) is 0.722. The van der Waals surface area contributed by atoms with Crippen LogP contribution >= 0.6 is 0 Å². The lowest BCUT2D eigenvalue weighted by atomic mass is 11.5. The zero-order valence-electron chi connectivity index (χ0n) is 2.36. The summed E-state index contributed by atoms with van der Waals surface area (Å²) < 4.78 is 14.1. The van der Waals surface area contributed by atoms with E-state index in [9.17, 15) is 4.39 Å². The minimum atomic E-state index is 0.125. The minimum absolute atomic E-state index is 0.125. The van der Waals surface area contributed by atoms with Crippen molar-refractivity contribution in [3.8, 4) is 0 Å². The molecule has 0 saturated heterocycles. The van der Waals surface area contributed by atoms with Crippen molar-refractivity contribution >= 4 is 0 Å². The van der Waals surface area contributed by atoms with E-state index in [1.165, 1.54) is 7.11 Å². The molecule has 0 atom stereocenters. The smallest absolute Gasteiger partial charge is 0.159 e. The molecule has 0 N–H and O–H groups in total. The molecule has 0 aromatic heterocycles. The molecule has 0 rings (SSSR count). The van der Waals surface area contributed by atoms with E-state index in [0.717, 1.165) is 0 Å². The summed E-state index contributed by atoms with van der Waals surface area (Å²) in [6, 6.07) is 0. The second kappa shape index (κ2) is 2.76. The number of ether oxygens (including phenoxy) is 1. The first-order chi connectivity index (χ1) is 1.91. The van der Waals surface area contributed by atoms with Gasteiger partial charge in [0.05, 0.1) is 7.11 Å². The van der Waals surface area contributed by atoms with Gasteiger partial charge in [-0.3, -0.25) is 0 Å². The Balaban J connectivity index is 1.97. The molecule has 0 aromatic rings. The van der Waals surface area contributed by atoms with Crippen LogP contribution in [-0.2, 0) is 4.74 Å². The highest BCUT2D eigenvalue weighted by molar-refractivity contribution is 4.04. The third-order valence-electron chi connectivity index (χ3n) is 0.0891. The first-order valence-electron chi connectivity index (χ1n) is 0.862. The number of rotatable bonds is 1. The van der Waals surface area contributed by atoms with Crippen LogP contribution in [-0.4, -0.2) is 7.11 Å². The number of halogens is 1. The molecule has 0 spiro atoms. The van der Waals surface area contributed by atoms with Crippen LogP contribution in [0.15, 0.2) is 0 Å². The molecule has 1 nitrogen and oxygen atoms in total. The highest BCUT2D eigenvalue weighted by atomic mass is 19.1. The van der Waals surface area contributed by atoms with Gasteiger partial charge in [-0.2, -0.15) is 4.74 Å². The molecule has 0 heterocycles. The van der Waals surface area contributed by atoms with Gasteiger partial charge in [0.2, 0.25) is 0 Å². The Morgan fingerprint density at radius 3 is 2.25 bits per heavy atom. The summed E-state index contributed by atoms with van der Waals surface area (Å²) in [5.41, 5.74) is 0. The molecule has 4 heavy (non-hydrogen) atoms. The molecule has 24 valence electrons. The van der Waals surface area contributed by atoms with Gasteiger partial charge < -0.3 is 0 Å². The van der Waals surface area contributed by atoms with Crippen molar-refractivity contribution in [2.45, 2.75) is 0 Å². The summed E-state index contributed by atoms with van der Waals surface area (Å²) in [5, 5.41) is 0. The summed E-state index contributed by atoms with van der Waals surface area (Å²) in [7, 11) is 1.25. The Bertz CT molecular complexity index is 8.00. The van der Waals surface area contributed by atoms with Crippen LogP contribution in [0, 0.1) is 6.86 Å². The van der Waals surface area contributed by atoms with Crippen LogP contribution in [0.5, 0.6) is 0 Å². The summed E-state index contributed by atoms with van der Waals surface area (Å²) in [6.45, 7) is 0.125. The second-order valence-electron chi connectivity index (χ2n) is 0.325. The van der Waals surface area contributed by atoms with Crippen LogP contribution in [0.4, 0.5) is 4.39 Å². The molecule has 0 bridgehead atoms. The average molecular weight is 63.1 g/mol. The van der Waals surface area contributed by atoms with Crippen molar-refractivity contribution in [3.05, 3.63) is 6.86 Å². The molecular formula is C2H4FO+. The van der Waals surface area contributed by atoms with E-state index in [2.05, 4.69) is 4.74 Å². The zero-order valence-corrected chi connectivity index (χ0v) is 2.36. The van der Waals surface area contributed by atoms with E-state index in [-0.39, 0.29) is 6.86 Å². The van der Waals surface area contributed by atoms with Gasteiger partial charge in [0.1, 0.15) is 0 Å². The zero-order chi connectivity index (χ0) is 3.41. The SMILES string of the molecule is CO[CH+]F. The molecule has 0 aliphatic heterocycles. The fourth-order valence-corrected chi connectivity index (χ4v) is 0. The van der Waals surface area contributed by atoms with E-state index in [1.54, 1.807) is 0 Å². The van der Waals surface area contributed by atoms with Gasteiger partial charge in [0, 0.05) is 4.39 Å². The Kier molecular flexibility index (Phi) is 2.59. The monoisotopic (exact) mass is 63.0 g/mol. The van der Waals surface area contributed by atoms with Crippen LogP contribution in [0.25, 0.3) is 0 Å². The predicted molar refractivity (Wildman–Crippen MR) is 12.4 cm³/mol. The van der Waals surface area contributed by atoms with Crippen molar-refractivity contribution in [1.82, 2.24) is 0 Å². The fourth-order valence-electron chi connectivity index (χ4n) is 0. The average Bonchev–Trinajstić information content (AvgIpc) is 1.37. The van der Waals surface area contributed by atoms with Crippen molar-refractivity contribution in [1.29, 1.82) is 0 Å². The molecule has 0 aliphatic rings.